The van der Waals surface area contributed by atoms with Crippen molar-refractivity contribution in [2.75, 3.05) is 45.3 Å². The van der Waals surface area contributed by atoms with Gasteiger partial charge in [-0.05, 0) is 80.7 Å². The van der Waals surface area contributed by atoms with Crippen molar-refractivity contribution in [3.63, 3.8) is 0 Å². The SMILES string of the molecule is COc1ccc(C2C(C(=O)N3CCC(N4CCCC4)C3)CCC(=O)N2c2ccc(OC)cc2)cc1. The van der Waals surface area contributed by atoms with Crippen LogP contribution in [0, 0.1) is 5.92 Å². The zero-order valence-electron chi connectivity index (χ0n) is 20.7. The van der Waals surface area contributed by atoms with Crippen molar-refractivity contribution in [1.82, 2.24) is 9.80 Å². The van der Waals surface area contributed by atoms with Crippen molar-refractivity contribution in [2.24, 2.45) is 5.92 Å². The van der Waals surface area contributed by atoms with E-state index in [1.807, 2.05) is 58.3 Å². The molecule has 0 N–H and O–H groups in total. The lowest BCUT2D eigenvalue weighted by atomic mass is 9.82. The highest BCUT2D eigenvalue weighted by Gasteiger charge is 2.44. The summed E-state index contributed by atoms with van der Waals surface area (Å²) in [7, 11) is 3.26. The Morgan fingerprint density at radius 1 is 0.857 bits per heavy atom. The molecule has 0 bridgehead atoms. The summed E-state index contributed by atoms with van der Waals surface area (Å²) >= 11 is 0. The number of hydrogen-bond donors (Lipinski definition) is 0. The van der Waals surface area contributed by atoms with Crippen molar-refractivity contribution in [1.29, 1.82) is 0 Å². The molecule has 2 aromatic rings. The molecule has 3 atom stereocenters. The van der Waals surface area contributed by atoms with Gasteiger partial charge in [0.15, 0.2) is 0 Å². The molecule has 3 heterocycles. The summed E-state index contributed by atoms with van der Waals surface area (Å²) < 4.78 is 10.7. The molecule has 2 aromatic carbocycles. The lowest BCUT2D eigenvalue weighted by Gasteiger charge is -2.42. The van der Waals surface area contributed by atoms with Crippen molar-refractivity contribution in [3.8, 4) is 11.5 Å². The van der Waals surface area contributed by atoms with Gasteiger partial charge < -0.3 is 19.3 Å². The first kappa shape index (κ1) is 23.7. The standard InChI is InChI=1S/C28H35N3O4/c1-34-23-9-5-20(6-10-23)27-25(28(33)30-18-15-22(19-30)29-16-3-4-17-29)13-14-26(32)31(27)21-7-11-24(35-2)12-8-21/h5-12,22,25,27H,3-4,13-19H2,1-2H3. The lowest BCUT2D eigenvalue weighted by molar-refractivity contribution is -0.137. The number of carbonyl (C=O) groups excluding carboxylic acids is 2. The van der Waals surface area contributed by atoms with Gasteiger partial charge in [0.25, 0.3) is 0 Å². The zero-order valence-corrected chi connectivity index (χ0v) is 20.7. The van der Waals surface area contributed by atoms with Gasteiger partial charge in [0.2, 0.25) is 11.8 Å². The summed E-state index contributed by atoms with van der Waals surface area (Å²) in [6.45, 7) is 3.87. The number of methoxy groups -OCH3 is 2. The van der Waals surface area contributed by atoms with Crippen LogP contribution in [0.15, 0.2) is 48.5 Å². The molecular formula is C28H35N3O4. The molecule has 3 saturated heterocycles. The van der Waals surface area contributed by atoms with Crippen LogP contribution in [0.4, 0.5) is 5.69 Å². The quantitative estimate of drug-likeness (QED) is 0.632. The lowest BCUT2D eigenvalue weighted by Crippen LogP contribution is -2.49. The highest BCUT2D eigenvalue weighted by Crippen LogP contribution is 2.42. The van der Waals surface area contributed by atoms with Gasteiger partial charge in [-0.1, -0.05) is 12.1 Å². The van der Waals surface area contributed by atoms with Crippen LogP contribution < -0.4 is 14.4 Å². The average molecular weight is 478 g/mol. The van der Waals surface area contributed by atoms with Crippen molar-refractivity contribution < 1.29 is 19.1 Å². The maximum absolute atomic E-state index is 14.0. The number of anilines is 1. The third-order valence-corrected chi connectivity index (χ3v) is 7.85. The molecule has 35 heavy (non-hydrogen) atoms. The Morgan fingerprint density at radius 3 is 2.11 bits per heavy atom. The van der Waals surface area contributed by atoms with Crippen LogP contribution in [0.1, 0.15) is 43.7 Å². The van der Waals surface area contributed by atoms with Crippen LogP contribution >= 0.6 is 0 Å². The van der Waals surface area contributed by atoms with Gasteiger partial charge >= 0.3 is 0 Å². The maximum atomic E-state index is 14.0. The number of carbonyl (C=O) groups is 2. The Kier molecular flexibility index (Phi) is 6.95. The summed E-state index contributed by atoms with van der Waals surface area (Å²) in [5, 5.41) is 0. The van der Waals surface area contributed by atoms with Gasteiger partial charge in [0.1, 0.15) is 11.5 Å². The monoisotopic (exact) mass is 477 g/mol. The van der Waals surface area contributed by atoms with Crippen LogP contribution in [-0.4, -0.2) is 68.1 Å². The van der Waals surface area contributed by atoms with Gasteiger partial charge in [-0.3, -0.25) is 14.5 Å². The summed E-state index contributed by atoms with van der Waals surface area (Å²) in [5.74, 6) is 1.40. The number of likely N-dealkylation sites (tertiary alicyclic amines) is 2. The first-order chi connectivity index (χ1) is 17.1. The van der Waals surface area contributed by atoms with Crippen LogP contribution in [0.5, 0.6) is 11.5 Å². The number of nitrogens with zero attached hydrogens (tertiary/aromatic N) is 3. The van der Waals surface area contributed by atoms with Crippen molar-refractivity contribution in [2.45, 2.75) is 44.2 Å². The highest BCUT2D eigenvalue weighted by molar-refractivity contribution is 5.97. The molecule has 3 unspecified atom stereocenters. The molecule has 7 nitrogen and oxygen atoms in total. The largest absolute Gasteiger partial charge is 0.497 e. The molecule has 2 amide bonds. The van der Waals surface area contributed by atoms with Crippen molar-refractivity contribution in [3.05, 3.63) is 54.1 Å². The van der Waals surface area contributed by atoms with E-state index in [4.69, 9.17) is 9.47 Å². The number of ether oxygens (including phenoxy) is 2. The fourth-order valence-corrected chi connectivity index (χ4v) is 5.96. The van der Waals surface area contributed by atoms with Gasteiger partial charge in [0.05, 0.1) is 26.2 Å². The molecule has 186 valence electrons. The first-order valence-electron chi connectivity index (χ1n) is 12.7. The normalized spacial score (nSPS) is 25.2. The predicted octanol–water partition coefficient (Wildman–Crippen LogP) is 3.88. The minimum Gasteiger partial charge on any atom is -0.497 e. The van der Waals surface area contributed by atoms with Gasteiger partial charge in [-0.2, -0.15) is 0 Å². The Labute approximate surface area is 207 Å². The van der Waals surface area contributed by atoms with E-state index in [0.717, 1.165) is 55.3 Å². The maximum Gasteiger partial charge on any atom is 0.228 e. The minimum absolute atomic E-state index is 0.0383. The third-order valence-electron chi connectivity index (χ3n) is 7.85. The molecule has 3 aliphatic rings. The second-order valence-electron chi connectivity index (χ2n) is 9.79. The summed E-state index contributed by atoms with van der Waals surface area (Å²) in [6.07, 6.45) is 4.47. The zero-order chi connectivity index (χ0) is 24.4. The molecule has 7 heteroatoms. The summed E-state index contributed by atoms with van der Waals surface area (Å²) in [6, 6.07) is 15.4. The fourth-order valence-electron chi connectivity index (χ4n) is 5.96. The van der Waals surface area contributed by atoms with Gasteiger partial charge in [-0.15, -0.1) is 0 Å². The molecule has 3 fully saturated rings. The number of amides is 2. The Bertz CT molecular complexity index is 1030. The van der Waals surface area contributed by atoms with E-state index < -0.39 is 0 Å². The van der Waals surface area contributed by atoms with Crippen LogP contribution in [0.25, 0.3) is 0 Å². The predicted molar refractivity (Wildman–Crippen MR) is 135 cm³/mol. The van der Waals surface area contributed by atoms with E-state index in [0.29, 0.717) is 18.9 Å². The van der Waals surface area contributed by atoms with Crippen LogP contribution in [0.3, 0.4) is 0 Å². The van der Waals surface area contributed by atoms with Gasteiger partial charge in [-0.25, -0.2) is 0 Å². The number of rotatable bonds is 6. The summed E-state index contributed by atoms with van der Waals surface area (Å²) in [5.41, 5.74) is 1.73. The highest BCUT2D eigenvalue weighted by atomic mass is 16.5. The number of hydrogen-bond acceptors (Lipinski definition) is 5. The van der Waals surface area contributed by atoms with Crippen LogP contribution in [-0.2, 0) is 9.59 Å². The van der Waals surface area contributed by atoms with E-state index in [1.54, 1.807) is 14.2 Å². The third kappa shape index (κ3) is 4.74. The van der Waals surface area contributed by atoms with E-state index >= 15 is 0 Å². The van der Waals surface area contributed by atoms with E-state index in [1.165, 1.54) is 12.8 Å². The molecule has 0 aromatic heterocycles. The number of piperidine rings is 1. The van der Waals surface area contributed by atoms with Crippen LogP contribution in [0.2, 0.25) is 0 Å². The topological polar surface area (TPSA) is 62.3 Å². The van der Waals surface area contributed by atoms with E-state index in [-0.39, 0.29) is 23.8 Å². The molecule has 0 saturated carbocycles. The average Bonchev–Trinajstić information content (AvgIpc) is 3.61. The number of benzene rings is 2. The van der Waals surface area contributed by atoms with E-state index in [9.17, 15) is 9.59 Å². The summed E-state index contributed by atoms with van der Waals surface area (Å²) in [4.78, 5) is 33.7. The van der Waals surface area contributed by atoms with Crippen molar-refractivity contribution >= 4 is 17.5 Å². The molecular weight excluding hydrogens is 442 g/mol. The van der Waals surface area contributed by atoms with Gasteiger partial charge in [0, 0.05) is 31.2 Å². The molecule has 5 rings (SSSR count). The molecule has 0 aliphatic carbocycles. The Balaban J connectivity index is 1.46. The second-order valence-corrected chi connectivity index (χ2v) is 9.79. The minimum atomic E-state index is -0.367. The molecule has 0 spiro atoms. The smallest absolute Gasteiger partial charge is 0.228 e. The second kappa shape index (κ2) is 10.3. The molecule has 3 aliphatic heterocycles. The Hall–Kier alpha value is -3.06. The first-order valence-corrected chi connectivity index (χ1v) is 12.7. The Morgan fingerprint density at radius 2 is 1.49 bits per heavy atom. The fraction of sp³-hybridized carbons (Fsp3) is 0.500. The molecule has 0 radical (unpaired) electrons. The van der Waals surface area contributed by atoms with E-state index in [2.05, 4.69) is 4.90 Å².